The highest BCUT2D eigenvalue weighted by Crippen LogP contribution is 2.38. The summed E-state index contributed by atoms with van der Waals surface area (Å²) in [6.45, 7) is 0. The molecule has 1 N–H and O–H groups in total. The molecule has 3 rings (SSSR count). The number of aliphatic imine (C=N–C) groups is 1. The number of amidine groups is 1. The smallest absolute Gasteiger partial charge is 0.161 e. The second-order valence-electron chi connectivity index (χ2n) is 5.10. The van der Waals surface area contributed by atoms with Crippen LogP contribution < -0.4 is 10.1 Å². The first-order valence-electron chi connectivity index (χ1n) is 6.68. The number of ether oxygens (including phenoxy) is 1. The van der Waals surface area contributed by atoms with Gasteiger partial charge in [0.25, 0.3) is 0 Å². The number of hydrogen-bond acceptors (Lipinski definition) is 4. The van der Waals surface area contributed by atoms with Gasteiger partial charge in [-0.1, -0.05) is 18.2 Å². The third-order valence-corrected chi connectivity index (χ3v) is 6.17. The molecule has 0 spiro atoms. The van der Waals surface area contributed by atoms with Gasteiger partial charge in [0, 0.05) is 16.3 Å². The van der Waals surface area contributed by atoms with Crippen LogP contribution in [0, 0.1) is 5.92 Å². The summed E-state index contributed by atoms with van der Waals surface area (Å²) in [7, 11) is 1.67. The van der Waals surface area contributed by atoms with E-state index in [0.717, 1.165) is 31.5 Å². The topological polar surface area (TPSA) is 33.6 Å². The number of anilines is 1. The summed E-state index contributed by atoms with van der Waals surface area (Å²) in [4.78, 5) is 4.85. The van der Waals surface area contributed by atoms with Crippen LogP contribution in [0.4, 0.5) is 5.69 Å². The highest BCUT2D eigenvalue weighted by Gasteiger charge is 2.31. The van der Waals surface area contributed by atoms with Gasteiger partial charge in [-0.15, -0.1) is 0 Å². The number of hydrogen-bond donors (Lipinski definition) is 1. The first-order chi connectivity index (χ1) is 9.67. The van der Waals surface area contributed by atoms with E-state index in [9.17, 15) is 0 Å². The maximum Gasteiger partial charge on any atom is 0.161 e. The van der Waals surface area contributed by atoms with Gasteiger partial charge in [-0.2, -0.15) is 0 Å². The minimum Gasteiger partial charge on any atom is -0.495 e. The van der Waals surface area contributed by atoms with Gasteiger partial charge in [0.1, 0.15) is 5.75 Å². The number of nitrogens with one attached hydrogen (secondary N) is 1. The van der Waals surface area contributed by atoms with Gasteiger partial charge in [0.2, 0.25) is 0 Å². The number of rotatable bonds is 2. The lowest BCUT2D eigenvalue weighted by atomic mass is 10.1. The van der Waals surface area contributed by atoms with Gasteiger partial charge in [-0.3, -0.25) is 4.99 Å². The number of methoxy groups -OCH3 is 1. The highest BCUT2D eigenvalue weighted by molar-refractivity contribution is 9.11. The van der Waals surface area contributed by atoms with E-state index in [-0.39, 0.29) is 0 Å². The van der Waals surface area contributed by atoms with Crippen molar-refractivity contribution in [2.75, 3.05) is 18.2 Å². The van der Waals surface area contributed by atoms with Crippen LogP contribution in [0.1, 0.15) is 19.3 Å². The fourth-order valence-corrected chi connectivity index (χ4v) is 5.13. The fourth-order valence-electron chi connectivity index (χ4n) is 2.72. The van der Waals surface area contributed by atoms with Gasteiger partial charge in [-0.25, -0.2) is 0 Å². The van der Waals surface area contributed by atoms with Gasteiger partial charge in [0.15, 0.2) is 5.17 Å². The highest BCUT2D eigenvalue weighted by atomic mass is 79.9. The molecule has 1 saturated carbocycles. The molecule has 0 bridgehead atoms. The third-order valence-electron chi connectivity index (χ3n) is 3.82. The third kappa shape index (κ3) is 3.02. The molecule has 0 saturated heterocycles. The molecular weight excluding hydrogens is 404 g/mol. The second kappa shape index (κ2) is 6.28. The fraction of sp³-hybridized carbons (Fsp3) is 0.500. The Morgan fingerprint density at radius 1 is 1.30 bits per heavy atom. The van der Waals surface area contributed by atoms with E-state index in [4.69, 9.17) is 9.73 Å². The van der Waals surface area contributed by atoms with Crippen LogP contribution in [-0.4, -0.2) is 24.1 Å². The van der Waals surface area contributed by atoms with Crippen molar-refractivity contribution in [2.45, 2.75) is 25.3 Å². The van der Waals surface area contributed by atoms with Gasteiger partial charge in [0.05, 0.1) is 23.3 Å². The summed E-state index contributed by atoms with van der Waals surface area (Å²) >= 11 is 8.89. The van der Waals surface area contributed by atoms with E-state index in [1.165, 1.54) is 25.0 Å². The number of nitrogens with zero attached hydrogens (tertiary/aromatic N) is 1. The van der Waals surface area contributed by atoms with Crippen LogP contribution in [0.15, 0.2) is 26.1 Å². The zero-order valence-corrected chi connectivity index (χ0v) is 15.1. The molecule has 1 aliphatic carbocycles. The normalized spacial score (nSPS) is 25.1. The molecule has 108 valence electrons. The standard InChI is InChI=1S/C14H16Br2N2OS/c1-19-13-6-12(9(15)5-10(13)16)18-14-17-11-4-2-3-8(11)7-20-14/h5-6,8,11H,2-4,7H2,1H3,(H,17,18). The van der Waals surface area contributed by atoms with E-state index in [0.29, 0.717) is 6.04 Å². The molecule has 1 aromatic rings. The summed E-state index contributed by atoms with van der Waals surface area (Å²) in [5.74, 6) is 2.78. The number of benzene rings is 1. The van der Waals surface area contributed by atoms with Crippen molar-refractivity contribution in [3.05, 3.63) is 21.1 Å². The van der Waals surface area contributed by atoms with Crippen molar-refractivity contribution in [3.8, 4) is 5.75 Å². The van der Waals surface area contributed by atoms with Crippen LogP contribution in [0.2, 0.25) is 0 Å². The maximum atomic E-state index is 5.34. The van der Waals surface area contributed by atoms with E-state index < -0.39 is 0 Å². The van der Waals surface area contributed by atoms with Crippen LogP contribution >= 0.6 is 43.6 Å². The number of fused-ring (bicyclic) bond motifs is 1. The molecule has 0 aromatic heterocycles. The molecule has 2 unspecified atom stereocenters. The Morgan fingerprint density at radius 3 is 2.95 bits per heavy atom. The van der Waals surface area contributed by atoms with E-state index in [1.54, 1.807) is 7.11 Å². The van der Waals surface area contributed by atoms with Crippen molar-refractivity contribution < 1.29 is 4.74 Å². The summed E-state index contributed by atoms with van der Waals surface area (Å²) in [6.07, 6.45) is 3.90. The summed E-state index contributed by atoms with van der Waals surface area (Å²) < 4.78 is 7.28. The predicted octanol–water partition coefficient (Wildman–Crippen LogP) is 4.90. The summed E-state index contributed by atoms with van der Waals surface area (Å²) in [5, 5.41) is 4.46. The number of thioether (sulfide) groups is 1. The van der Waals surface area contributed by atoms with Crippen molar-refractivity contribution in [1.82, 2.24) is 0 Å². The predicted molar refractivity (Wildman–Crippen MR) is 93.0 cm³/mol. The van der Waals surface area contributed by atoms with Gasteiger partial charge >= 0.3 is 0 Å². The second-order valence-corrected chi connectivity index (χ2v) is 7.81. The van der Waals surface area contributed by atoms with Crippen molar-refractivity contribution >= 4 is 54.5 Å². The monoisotopic (exact) mass is 418 g/mol. The zero-order valence-electron chi connectivity index (χ0n) is 11.2. The molecule has 0 amide bonds. The Bertz CT molecular complexity index is 550. The molecule has 6 heteroatoms. The van der Waals surface area contributed by atoms with E-state index >= 15 is 0 Å². The molecule has 1 heterocycles. The van der Waals surface area contributed by atoms with Crippen LogP contribution in [0.25, 0.3) is 0 Å². The Balaban J connectivity index is 1.81. The molecule has 20 heavy (non-hydrogen) atoms. The summed E-state index contributed by atoms with van der Waals surface area (Å²) in [6, 6.07) is 4.50. The molecule has 1 aliphatic heterocycles. The Morgan fingerprint density at radius 2 is 2.15 bits per heavy atom. The average molecular weight is 420 g/mol. The minimum atomic E-state index is 0.523. The molecule has 0 radical (unpaired) electrons. The van der Waals surface area contributed by atoms with Crippen molar-refractivity contribution in [3.63, 3.8) is 0 Å². The van der Waals surface area contributed by atoms with E-state index in [1.807, 2.05) is 23.9 Å². The summed E-state index contributed by atoms with van der Waals surface area (Å²) in [5.41, 5.74) is 0.993. The Labute approximate surface area is 140 Å². The minimum absolute atomic E-state index is 0.523. The van der Waals surface area contributed by atoms with E-state index in [2.05, 4.69) is 37.2 Å². The van der Waals surface area contributed by atoms with Crippen molar-refractivity contribution in [2.24, 2.45) is 10.9 Å². The molecule has 3 nitrogen and oxygen atoms in total. The molecule has 2 atom stereocenters. The number of halogens is 2. The average Bonchev–Trinajstić information content (AvgIpc) is 2.89. The van der Waals surface area contributed by atoms with Crippen LogP contribution in [-0.2, 0) is 0 Å². The lowest BCUT2D eigenvalue weighted by Gasteiger charge is -2.24. The lowest BCUT2D eigenvalue weighted by Crippen LogP contribution is -2.25. The molecular formula is C14H16Br2N2OS. The quantitative estimate of drug-likeness (QED) is 0.739. The SMILES string of the molecule is COc1cc(NC2=NC3CCCC3CS2)c(Br)cc1Br. The largest absolute Gasteiger partial charge is 0.495 e. The van der Waals surface area contributed by atoms with Crippen LogP contribution in [0.5, 0.6) is 5.75 Å². The van der Waals surface area contributed by atoms with Crippen LogP contribution in [0.3, 0.4) is 0 Å². The Hall–Kier alpha value is -0.200. The first-order valence-corrected chi connectivity index (χ1v) is 9.25. The first kappa shape index (κ1) is 14.7. The lowest BCUT2D eigenvalue weighted by molar-refractivity contribution is 0.412. The molecule has 1 fully saturated rings. The maximum absolute atomic E-state index is 5.34. The molecule has 1 aromatic carbocycles. The van der Waals surface area contributed by atoms with Gasteiger partial charge in [-0.05, 0) is 56.7 Å². The van der Waals surface area contributed by atoms with Crippen molar-refractivity contribution in [1.29, 1.82) is 0 Å². The van der Waals surface area contributed by atoms with Gasteiger partial charge < -0.3 is 10.1 Å². The zero-order chi connectivity index (χ0) is 14.1. The molecule has 2 aliphatic rings. The Kier molecular flexibility index (Phi) is 4.62.